The first kappa shape index (κ1) is 11.9. The minimum Gasteiger partial charge on any atom is -0.481 e. The number of amides is 1. The smallest absolute Gasteiger partial charge is 0.308 e. The number of carbonyl (C=O) groups is 2. The molecule has 0 aromatic heterocycles. The average molecular weight is 187 g/mol. The zero-order chi connectivity index (χ0) is 10.3. The molecule has 76 valence electrons. The van der Waals surface area contributed by atoms with Crippen LogP contribution in [0.2, 0.25) is 0 Å². The number of hydrogen-bond donors (Lipinski definition) is 1. The molecule has 4 heteroatoms. The fourth-order valence-electron chi connectivity index (χ4n) is 1.13. The van der Waals surface area contributed by atoms with Gasteiger partial charge in [0.25, 0.3) is 0 Å². The van der Waals surface area contributed by atoms with Crippen molar-refractivity contribution >= 4 is 12.4 Å². The van der Waals surface area contributed by atoms with Gasteiger partial charge in [-0.2, -0.15) is 0 Å². The Balaban J connectivity index is 3.94. The van der Waals surface area contributed by atoms with E-state index in [4.69, 9.17) is 5.11 Å². The summed E-state index contributed by atoms with van der Waals surface area (Å²) >= 11 is 0. The average Bonchev–Trinajstić information content (AvgIpc) is 2.11. The standard InChI is InChI=1S/C9H17NO3/c1-3-4-5-8(9(12)13)6-10(2)7-11/h7-8H,3-6H2,1-2H3,(H,12,13)/t8-/m1/s1. The summed E-state index contributed by atoms with van der Waals surface area (Å²) in [5.74, 6) is -1.24. The van der Waals surface area contributed by atoms with Crippen LogP contribution >= 0.6 is 0 Å². The van der Waals surface area contributed by atoms with Crippen LogP contribution in [0.5, 0.6) is 0 Å². The zero-order valence-corrected chi connectivity index (χ0v) is 8.19. The lowest BCUT2D eigenvalue weighted by Crippen LogP contribution is -2.29. The lowest BCUT2D eigenvalue weighted by molar-refractivity contribution is -0.142. The summed E-state index contributed by atoms with van der Waals surface area (Å²) in [6.45, 7) is 2.32. The van der Waals surface area contributed by atoms with Gasteiger partial charge >= 0.3 is 5.97 Å². The molecule has 0 saturated heterocycles. The Bertz CT molecular complexity index is 170. The molecular weight excluding hydrogens is 170 g/mol. The van der Waals surface area contributed by atoms with E-state index in [0.717, 1.165) is 12.8 Å². The van der Waals surface area contributed by atoms with Crippen molar-refractivity contribution in [2.45, 2.75) is 26.2 Å². The Labute approximate surface area is 78.5 Å². The molecule has 0 aromatic carbocycles. The lowest BCUT2D eigenvalue weighted by Gasteiger charge is -2.16. The number of carboxylic acid groups (broad SMARTS) is 1. The Morgan fingerprint density at radius 2 is 2.23 bits per heavy atom. The molecule has 0 aliphatic rings. The quantitative estimate of drug-likeness (QED) is 0.604. The number of hydrogen-bond acceptors (Lipinski definition) is 2. The molecule has 1 N–H and O–H groups in total. The summed E-state index contributed by atoms with van der Waals surface area (Å²) in [4.78, 5) is 22.4. The van der Waals surface area contributed by atoms with Gasteiger partial charge in [0.1, 0.15) is 0 Å². The van der Waals surface area contributed by atoms with Crippen molar-refractivity contribution in [1.29, 1.82) is 0 Å². The van der Waals surface area contributed by atoms with E-state index in [0.29, 0.717) is 19.4 Å². The molecule has 1 amide bonds. The predicted molar refractivity (Wildman–Crippen MR) is 49.3 cm³/mol. The van der Waals surface area contributed by atoms with E-state index in [9.17, 15) is 9.59 Å². The van der Waals surface area contributed by atoms with E-state index in [1.807, 2.05) is 6.92 Å². The highest BCUT2D eigenvalue weighted by Crippen LogP contribution is 2.09. The van der Waals surface area contributed by atoms with E-state index < -0.39 is 11.9 Å². The monoisotopic (exact) mass is 187 g/mol. The molecule has 0 rings (SSSR count). The molecule has 13 heavy (non-hydrogen) atoms. The van der Waals surface area contributed by atoms with Crippen molar-refractivity contribution in [2.24, 2.45) is 5.92 Å². The van der Waals surface area contributed by atoms with E-state index in [1.54, 1.807) is 7.05 Å². The number of nitrogens with zero attached hydrogens (tertiary/aromatic N) is 1. The zero-order valence-electron chi connectivity index (χ0n) is 8.19. The third kappa shape index (κ3) is 5.22. The molecule has 0 heterocycles. The van der Waals surface area contributed by atoms with Crippen LogP contribution in [-0.4, -0.2) is 36.0 Å². The lowest BCUT2D eigenvalue weighted by atomic mass is 10.0. The van der Waals surface area contributed by atoms with Crippen molar-refractivity contribution in [1.82, 2.24) is 4.90 Å². The number of carbonyl (C=O) groups excluding carboxylic acids is 1. The first-order valence-corrected chi connectivity index (χ1v) is 4.50. The second-order valence-corrected chi connectivity index (χ2v) is 3.22. The summed E-state index contributed by atoms with van der Waals surface area (Å²) in [7, 11) is 1.59. The molecule has 0 unspecified atom stereocenters. The fourth-order valence-corrected chi connectivity index (χ4v) is 1.13. The van der Waals surface area contributed by atoms with Crippen LogP contribution in [-0.2, 0) is 9.59 Å². The van der Waals surface area contributed by atoms with E-state index >= 15 is 0 Å². The van der Waals surface area contributed by atoms with Crippen LogP contribution in [0, 0.1) is 5.92 Å². The first-order valence-electron chi connectivity index (χ1n) is 4.50. The van der Waals surface area contributed by atoms with E-state index in [2.05, 4.69) is 0 Å². The van der Waals surface area contributed by atoms with Gasteiger partial charge in [0.05, 0.1) is 5.92 Å². The maximum Gasteiger partial charge on any atom is 0.308 e. The van der Waals surface area contributed by atoms with Crippen molar-refractivity contribution in [3.63, 3.8) is 0 Å². The Kier molecular flexibility index (Phi) is 5.93. The fraction of sp³-hybridized carbons (Fsp3) is 0.778. The summed E-state index contributed by atoms with van der Waals surface area (Å²) < 4.78 is 0. The SMILES string of the molecule is CCCC[C@H](CN(C)C=O)C(=O)O. The molecule has 0 aliphatic heterocycles. The molecule has 0 fully saturated rings. The highest BCUT2D eigenvalue weighted by molar-refractivity contribution is 5.70. The van der Waals surface area contributed by atoms with Gasteiger partial charge in [-0.15, -0.1) is 0 Å². The minimum absolute atomic E-state index is 0.304. The van der Waals surface area contributed by atoms with Crippen molar-refractivity contribution in [3.8, 4) is 0 Å². The van der Waals surface area contributed by atoms with E-state index in [1.165, 1.54) is 4.90 Å². The van der Waals surface area contributed by atoms with Gasteiger partial charge in [0.2, 0.25) is 6.41 Å². The topological polar surface area (TPSA) is 57.6 Å². The summed E-state index contributed by atoms with van der Waals surface area (Å²) in [6, 6.07) is 0. The van der Waals surface area contributed by atoms with Crippen LogP contribution in [0.25, 0.3) is 0 Å². The minimum atomic E-state index is -0.817. The largest absolute Gasteiger partial charge is 0.481 e. The second kappa shape index (κ2) is 6.46. The summed E-state index contributed by atoms with van der Waals surface area (Å²) in [5.41, 5.74) is 0. The molecule has 1 atom stereocenters. The maximum absolute atomic E-state index is 10.7. The van der Waals surface area contributed by atoms with Crippen molar-refractivity contribution < 1.29 is 14.7 Å². The Morgan fingerprint density at radius 3 is 2.62 bits per heavy atom. The molecule has 0 radical (unpaired) electrons. The maximum atomic E-state index is 10.7. The van der Waals surface area contributed by atoms with Crippen LogP contribution in [0.3, 0.4) is 0 Å². The van der Waals surface area contributed by atoms with Gasteiger partial charge in [0, 0.05) is 13.6 Å². The number of unbranched alkanes of at least 4 members (excludes halogenated alkanes) is 1. The van der Waals surface area contributed by atoms with Crippen molar-refractivity contribution in [3.05, 3.63) is 0 Å². The number of carboxylic acids is 1. The van der Waals surface area contributed by atoms with Gasteiger partial charge in [-0.25, -0.2) is 0 Å². The van der Waals surface area contributed by atoms with Crippen LogP contribution in [0.4, 0.5) is 0 Å². The second-order valence-electron chi connectivity index (χ2n) is 3.22. The Hall–Kier alpha value is -1.06. The molecule has 4 nitrogen and oxygen atoms in total. The van der Waals surface area contributed by atoms with Gasteiger partial charge in [0.15, 0.2) is 0 Å². The Morgan fingerprint density at radius 1 is 1.62 bits per heavy atom. The van der Waals surface area contributed by atoms with Gasteiger partial charge in [-0.3, -0.25) is 9.59 Å². The number of aliphatic carboxylic acids is 1. The van der Waals surface area contributed by atoms with Crippen LogP contribution < -0.4 is 0 Å². The molecular formula is C9H17NO3. The first-order chi connectivity index (χ1) is 6.11. The normalized spacial score (nSPS) is 12.2. The molecule has 0 bridgehead atoms. The summed E-state index contributed by atoms with van der Waals surface area (Å²) in [6.07, 6.45) is 3.17. The van der Waals surface area contributed by atoms with Crippen molar-refractivity contribution in [2.75, 3.05) is 13.6 Å². The molecule has 0 saturated carbocycles. The summed E-state index contributed by atoms with van der Waals surface area (Å²) in [5, 5.41) is 8.80. The molecule has 0 aliphatic carbocycles. The van der Waals surface area contributed by atoms with Gasteiger partial charge in [-0.05, 0) is 6.42 Å². The third-order valence-corrected chi connectivity index (χ3v) is 1.94. The van der Waals surface area contributed by atoms with Gasteiger partial charge in [-0.1, -0.05) is 19.8 Å². The predicted octanol–water partition coefficient (Wildman–Crippen LogP) is 0.966. The van der Waals surface area contributed by atoms with E-state index in [-0.39, 0.29) is 0 Å². The number of rotatable bonds is 7. The molecule has 0 aromatic rings. The highest BCUT2D eigenvalue weighted by atomic mass is 16.4. The third-order valence-electron chi connectivity index (χ3n) is 1.94. The molecule has 0 spiro atoms. The van der Waals surface area contributed by atoms with Gasteiger partial charge < -0.3 is 10.0 Å². The van der Waals surface area contributed by atoms with Crippen LogP contribution in [0.15, 0.2) is 0 Å². The highest BCUT2D eigenvalue weighted by Gasteiger charge is 2.17. The van der Waals surface area contributed by atoms with Crippen LogP contribution in [0.1, 0.15) is 26.2 Å².